The maximum Gasteiger partial charge on any atom is 0.238 e. The lowest BCUT2D eigenvalue weighted by molar-refractivity contribution is 0.954. The molecule has 0 saturated carbocycles. The Morgan fingerprint density at radius 2 is 0.940 bits per heavy atom. The molecule has 50 heavy (non-hydrogen) atoms. The number of fused-ring (bicyclic) bond motifs is 7. The van der Waals surface area contributed by atoms with E-state index in [4.69, 9.17) is 15.0 Å². The van der Waals surface area contributed by atoms with Gasteiger partial charge >= 0.3 is 0 Å². The van der Waals surface area contributed by atoms with Crippen molar-refractivity contribution in [1.82, 2.24) is 19.5 Å². The third kappa shape index (κ3) is 4.63. The molecule has 234 valence electrons. The van der Waals surface area contributed by atoms with Crippen LogP contribution in [0.5, 0.6) is 0 Å². The largest absolute Gasteiger partial charge is 0.277 e. The van der Waals surface area contributed by atoms with Gasteiger partial charge in [0.05, 0.1) is 11.0 Å². The van der Waals surface area contributed by atoms with Gasteiger partial charge in [0.2, 0.25) is 5.95 Å². The topological polar surface area (TPSA) is 43.6 Å². The minimum Gasteiger partial charge on any atom is -0.277 e. The second-order valence-electron chi connectivity index (χ2n) is 12.4. The molecular formula is C45H28N4S. The highest BCUT2D eigenvalue weighted by Crippen LogP contribution is 2.47. The molecule has 7 aromatic carbocycles. The lowest BCUT2D eigenvalue weighted by Gasteiger charge is -2.13. The van der Waals surface area contributed by atoms with Gasteiger partial charge in [-0.2, -0.15) is 9.97 Å². The molecule has 10 rings (SSSR count). The number of hydrogen-bond acceptors (Lipinski definition) is 4. The average Bonchev–Trinajstić information content (AvgIpc) is 3.75. The van der Waals surface area contributed by atoms with E-state index in [0.29, 0.717) is 17.6 Å². The SMILES string of the molecule is c1ccc(-c2ccc(-c3nc(-c4ccccc4)nc(-n4c5ccccc5c5c6sc7ccccc7c6cc(-c6ccccc6)c54)n3)cc2)cc1. The predicted molar refractivity (Wildman–Crippen MR) is 209 cm³/mol. The summed E-state index contributed by atoms with van der Waals surface area (Å²) in [4.78, 5) is 15.6. The molecule has 0 unspecified atom stereocenters. The Morgan fingerprint density at radius 1 is 0.420 bits per heavy atom. The van der Waals surface area contributed by atoms with E-state index in [1.54, 1.807) is 0 Å². The molecule has 0 bridgehead atoms. The van der Waals surface area contributed by atoms with Crippen molar-refractivity contribution in [3.63, 3.8) is 0 Å². The number of benzene rings is 7. The van der Waals surface area contributed by atoms with Gasteiger partial charge in [-0.25, -0.2) is 4.98 Å². The Labute approximate surface area is 292 Å². The molecule has 3 heterocycles. The summed E-state index contributed by atoms with van der Waals surface area (Å²) in [6, 6.07) is 59.5. The van der Waals surface area contributed by atoms with Gasteiger partial charge in [0.15, 0.2) is 11.6 Å². The number of rotatable bonds is 5. The van der Waals surface area contributed by atoms with Crippen LogP contribution in [0.15, 0.2) is 170 Å². The second-order valence-corrected chi connectivity index (χ2v) is 13.5. The molecule has 0 fully saturated rings. The minimum absolute atomic E-state index is 0.588. The zero-order chi connectivity index (χ0) is 33.0. The fourth-order valence-electron chi connectivity index (χ4n) is 7.13. The van der Waals surface area contributed by atoms with Crippen molar-refractivity contribution in [3.8, 4) is 51.0 Å². The molecule has 0 radical (unpaired) electrons. The van der Waals surface area contributed by atoms with E-state index in [1.165, 1.54) is 36.5 Å². The predicted octanol–water partition coefficient (Wildman–Crippen LogP) is 12.0. The highest BCUT2D eigenvalue weighted by Gasteiger charge is 2.24. The highest BCUT2D eigenvalue weighted by atomic mass is 32.1. The number of hydrogen-bond donors (Lipinski definition) is 0. The lowest BCUT2D eigenvalue weighted by Crippen LogP contribution is -2.07. The van der Waals surface area contributed by atoms with Crippen molar-refractivity contribution in [3.05, 3.63) is 170 Å². The maximum absolute atomic E-state index is 5.28. The van der Waals surface area contributed by atoms with Crippen molar-refractivity contribution in [1.29, 1.82) is 0 Å². The Kier molecular flexibility index (Phi) is 6.64. The number of nitrogens with zero attached hydrogens (tertiary/aromatic N) is 4. The van der Waals surface area contributed by atoms with Crippen molar-refractivity contribution in [2.45, 2.75) is 0 Å². The van der Waals surface area contributed by atoms with Crippen molar-refractivity contribution >= 4 is 53.3 Å². The Balaban J connectivity index is 1.30. The number of thiophene rings is 1. The summed E-state index contributed by atoms with van der Waals surface area (Å²) in [7, 11) is 0. The van der Waals surface area contributed by atoms with E-state index >= 15 is 0 Å². The maximum atomic E-state index is 5.28. The van der Waals surface area contributed by atoms with Gasteiger partial charge in [-0.05, 0) is 34.9 Å². The summed E-state index contributed by atoms with van der Waals surface area (Å²) in [5, 5.41) is 4.93. The summed E-state index contributed by atoms with van der Waals surface area (Å²) in [5.74, 6) is 1.85. The second kappa shape index (κ2) is 11.6. The third-order valence-corrected chi connectivity index (χ3v) is 10.7. The Morgan fingerprint density at radius 3 is 1.64 bits per heavy atom. The first-order valence-electron chi connectivity index (χ1n) is 16.7. The number of para-hydroxylation sites is 1. The van der Waals surface area contributed by atoms with Crippen LogP contribution in [-0.4, -0.2) is 19.5 Å². The Hall–Kier alpha value is -6.43. The molecule has 5 heteroatoms. The van der Waals surface area contributed by atoms with Crippen LogP contribution >= 0.6 is 11.3 Å². The summed E-state index contributed by atoms with van der Waals surface area (Å²) < 4.78 is 4.80. The van der Waals surface area contributed by atoms with Gasteiger partial charge in [-0.3, -0.25) is 4.57 Å². The molecular weight excluding hydrogens is 629 g/mol. The van der Waals surface area contributed by atoms with Crippen LogP contribution < -0.4 is 0 Å². The minimum atomic E-state index is 0.588. The molecule has 3 aromatic heterocycles. The lowest BCUT2D eigenvalue weighted by atomic mass is 9.98. The van der Waals surface area contributed by atoms with Gasteiger partial charge in [-0.15, -0.1) is 11.3 Å². The molecule has 0 aliphatic rings. The van der Waals surface area contributed by atoms with E-state index in [9.17, 15) is 0 Å². The van der Waals surface area contributed by atoms with Crippen LogP contribution in [-0.2, 0) is 0 Å². The fourth-order valence-corrected chi connectivity index (χ4v) is 8.37. The zero-order valence-electron chi connectivity index (χ0n) is 26.9. The van der Waals surface area contributed by atoms with Crippen LogP contribution in [0.4, 0.5) is 0 Å². The monoisotopic (exact) mass is 656 g/mol. The van der Waals surface area contributed by atoms with E-state index in [2.05, 4.69) is 150 Å². The van der Waals surface area contributed by atoms with Crippen LogP contribution in [0.3, 0.4) is 0 Å². The van der Waals surface area contributed by atoms with Gasteiger partial charge in [0.1, 0.15) is 0 Å². The van der Waals surface area contributed by atoms with Crippen molar-refractivity contribution in [2.24, 2.45) is 0 Å². The van der Waals surface area contributed by atoms with E-state index in [-0.39, 0.29) is 0 Å². The molecule has 0 saturated heterocycles. The van der Waals surface area contributed by atoms with Crippen LogP contribution in [0.25, 0.3) is 93.0 Å². The zero-order valence-corrected chi connectivity index (χ0v) is 27.7. The first kappa shape index (κ1) is 28.6. The summed E-state index contributed by atoms with van der Waals surface area (Å²) in [6.45, 7) is 0. The van der Waals surface area contributed by atoms with Crippen molar-refractivity contribution < 1.29 is 0 Å². The van der Waals surface area contributed by atoms with Crippen molar-refractivity contribution in [2.75, 3.05) is 0 Å². The highest BCUT2D eigenvalue weighted by molar-refractivity contribution is 7.26. The molecule has 0 spiro atoms. The summed E-state index contributed by atoms with van der Waals surface area (Å²) >= 11 is 1.85. The molecule has 0 aliphatic heterocycles. The van der Waals surface area contributed by atoms with Crippen LogP contribution in [0, 0.1) is 0 Å². The van der Waals surface area contributed by atoms with Crippen LogP contribution in [0.1, 0.15) is 0 Å². The Bertz CT molecular complexity index is 2840. The first-order valence-corrected chi connectivity index (χ1v) is 17.5. The van der Waals surface area contributed by atoms with Gasteiger partial charge in [-0.1, -0.05) is 152 Å². The third-order valence-electron chi connectivity index (χ3n) is 9.47. The summed E-state index contributed by atoms with van der Waals surface area (Å²) in [6.07, 6.45) is 0. The fraction of sp³-hybridized carbons (Fsp3) is 0. The molecule has 4 nitrogen and oxygen atoms in total. The van der Waals surface area contributed by atoms with E-state index in [1.807, 2.05) is 35.6 Å². The molecule has 0 N–H and O–H groups in total. The normalized spacial score (nSPS) is 11.6. The van der Waals surface area contributed by atoms with E-state index in [0.717, 1.165) is 38.9 Å². The standard InChI is InChI=1S/C45H28N4S/c1-4-14-29(15-5-1)30-24-26-33(27-25-30)44-46-43(32-18-8-3-9-19-32)47-45(48-44)49-38-22-12-10-21-35(38)40-41(49)36(31-16-6-2-7-17-31)28-37-34-20-11-13-23-39(34)50-42(37)40/h1-28H. The molecule has 0 amide bonds. The molecule has 0 atom stereocenters. The van der Waals surface area contributed by atoms with Gasteiger partial charge in [0, 0.05) is 47.6 Å². The van der Waals surface area contributed by atoms with Gasteiger partial charge < -0.3 is 0 Å². The number of aromatic nitrogens is 4. The van der Waals surface area contributed by atoms with E-state index < -0.39 is 0 Å². The first-order chi connectivity index (χ1) is 24.8. The van der Waals surface area contributed by atoms with Crippen LogP contribution in [0.2, 0.25) is 0 Å². The summed E-state index contributed by atoms with van der Waals surface area (Å²) in [5.41, 5.74) is 8.62. The molecule has 0 aliphatic carbocycles. The molecule has 10 aromatic rings. The van der Waals surface area contributed by atoms with Gasteiger partial charge in [0.25, 0.3) is 0 Å². The quantitative estimate of drug-likeness (QED) is 0.185. The smallest absolute Gasteiger partial charge is 0.238 e. The average molecular weight is 657 g/mol.